The smallest absolute Gasteiger partial charge is 0.251 e. The molecule has 0 radical (unpaired) electrons. The SMILES string of the molecule is COc1ccc(C(=O)NCCNC2CC2)cc1. The van der Waals surface area contributed by atoms with E-state index in [4.69, 9.17) is 4.74 Å². The highest BCUT2D eigenvalue weighted by Crippen LogP contribution is 2.17. The molecule has 1 fully saturated rings. The van der Waals surface area contributed by atoms with Crippen LogP contribution < -0.4 is 15.4 Å². The Morgan fingerprint density at radius 2 is 2.00 bits per heavy atom. The van der Waals surface area contributed by atoms with Gasteiger partial charge < -0.3 is 15.4 Å². The zero-order chi connectivity index (χ0) is 12.1. The highest BCUT2D eigenvalue weighted by Gasteiger charge is 2.19. The van der Waals surface area contributed by atoms with Crippen molar-refractivity contribution in [1.29, 1.82) is 0 Å². The lowest BCUT2D eigenvalue weighted by Gasteiger charge is -2.06. The van der Waals surface area contributed by atoms with Crippen molar-refractivity contribution in [3.63, 3.8) is 0 Å². The standard InChI is InChI=1S/C13H18N2O2/c1-17-12-6-2-10(3-7-12)13(16)15-9-8-14-11-4-5-11/h2-3,6-7,11,14H,4-5,8-9H2,1H3,(H,15,16). The summed E-state index contributed by atoms with van der Waals surface area (Å²) in [5, 5.41) is 6.22. The highest BCUT2D eigenvalue weighted by molar-refractivity contribution is 5.94. The van der Waals surface area contributed by atoms with Gasteiger partial charge in [0.2, 0.25) is 0 Å². The molecule has 1 aliphatic carbocycles. The Kier molecular flexibility index (Phi) is 3.98. The average Bonchev–Trinajstić information content (AvgIpc) is 3.18. The summed E-state index contributed by atoms with van der Waals surface area (Å²) in [6, 6.07) is 7.80. The van der Waals surface area contributed by atoms with Crippen molar-refractivity contribution >= 4 is 5.91 Å². The Hall–Kier alpha value is -1.55. The van der Waals surface area contributed by atoms with Gasteiger partial charge in [-0.15, -0.1) is 0 Å². The molecule has 0 unspecified atom stereocenters. The van der Waals surface area contributed by atoms with Gasteiger partial charge in [0.25, 0.3) is 5.91 Å². The van der Waals surface area contributed by atoms with E-state index >= 15 is 0 Å². The molecule has 0 heterocycles. The summed E-state index contributed by atoms with van der Waals surface area (Å²) in [5.74, 6) is 0.724. The van der Waals surface area contributed by atoms with Gasteiger partial charge in [-0.2, -0.15) is 0 Å². The van der Waals surface area contributed by atoms with Crippen molar-refractivity contribution in [2.45, 2.75) is 18.9 Å². The zero-order valence-electron chi connectivity index (χ0n) is 10.0. The molecule has 1 amide bonds. The Bertz CT molecular complexity index is 372. The summed E-state index contributed by atoms with van der Waals surface area (Å²) in [7, 11) is 1.61. The Labute approximate surface area is 101 Å². The molecule has 1 aromatic rings. The van der Waals surface area contributed by atoms with Gasteiger partial charge in [0, 0.05) is 24.7 Å². The number of rotatable bonds is 6. The van der Waals surface area contributed by atoms with E-state index in [1.165, 1.54) is 12.8 Å². The number of nitrogens with one attached hydrogen (secondary N) is 2. The molecule has 0 atom stereocenters. The third-order valence-corrected chi connectivity index (χ3v) is 2.77. The predicted octanol–water partition coefficient (Wildman–Crippen LogP) is 1.18. The Balaban J connectivity index is 1.73. The molecule has 0 aliphatic heterocycles. The molecular formula is C13H18N2O2. The Morgan fingerprint density at radius 1 is 1.29 bits per heavy atom. The predicted molar refractivity (Wildman–Crippen MR) is 66.4 cm³/mol. The first kappa shape index (κ1) is 11.9. The van der Waals surface area contributed by atoms with Gasteiger partial charge in [-0.3, -0.25) is 4.79 Å². The maximum Gasteiger partial charge on any atom is 0.251 e. The molecule has 1 saturated carbocycles. The first-order chi connectivity index (χ1) is 8.29. The largest absolute Gasteiger partial charge is 0.497 e. The van der Waals surface area contributed by atoms with Crippen molar-refractivity contribution in [3.05, 3.63) is 29.8 Å². The van der Waals surface area contributed by atoms with Crippen LogP contribution in [0.5, 0.6) is 5.75 Å². The van der Waals surface area contributed by atoms with Crippen molar-refractivity contribution in [2.24, 2.45) is 0 Å². The molecule has 2 rings (SSSR count). The van der Waals surface area contributed by atoms with Crippen LogP contribution in [0.4, 0.5) is 0 Å². The molecule has 92 valence electrons. The minimum atomic E-state index is -0.0368. The monoisotopic (exact) mass is 234 g/mol. The van der Waals surface area contributed by atoms with Gasteiger partial charge in [0.05, 0.1) is 7.11 Å². The summed E-state index contributed by atoms with van der Waals surface area (Å²) < 4.78 is 5.04. The third kappa shape index (κ3) is 3.75. The number of carbonyl (C=O) groups excluding carboxylic acids is 1. The second-order valence-corrected chi connectivity index (χ2v) is 4.21. The third-order valence-electron chi connectivity index (χ3n) is 2.77. The molecule has 0 bridgehead atoms. The zero-order valence-corrected chi connectivity index (χ0v) is 10.0. The van der Waals surface area contributed by atoms with Crippen LogP contribution in [0.1, 0.15) is 23.2 Å². The number of methoxy groups -OCH3 is 1. The normalized spacial score (nSPS) is 14.4. The molecule has 4 heteroatoms. The van der Waals surface area contributed by atoms with E-state index in [1.54, 1.807) is 31.4 Å². The van der Waals surface area contributed by atoms with Crippen LogP contribution in [0.2, 0.25) is 0 Å². The van der Waals surface area contributed by atoms with E-state index in [-0.39, 0.29) is 5.91 Å². The van der Waals surface area contributed by atoms with Crippen molar-refractivity contribution in [1.82, 2.24) is 10.6 Å². The first-order valence-corrected chi connectivity index (χ1v) is 5.95. The highest BCUT2D eigenvalue weighted by atomic mass is 16.5. The molecule has 1 aliphatic rings. The van der Waals surface area contributed by atoms with E-state index in [0.29, 0.717) is 18.2 Å². The maximum atomic E-state index is 11.7. The van der Waals surface area contributed by atoms with Crippen molar-refractivity contribution in [2.75, 3.05) is 20.2 Å². The van der Waals surface area contributed by atoms with Crippen LogP contribution in [0, 0.1) is 0 Å². The molecule has 0 aromatic heterocycles. The van der Waals surface area contributed by atoms with E-state index in [2.05, 4.69) is 10.6 Å². The summed E-state index contributed by atoms with van der Waals surface area (Å²) in [5.41, 5.74) is 0.664. The number of benzene rings is 1. The number of amides is 1. The van der Waals surface area contributed by atoms with Gasteiger partial charge >= 0.3 is 0 Å². The van der Waals surface area contributed by atoms with E-state index in [1.807, 2.05) is 0 Å². The molecule has 1 aromatic carbocycles. The maximum absolute atomic E-state index is 11.7. The van der Waals surface area contributed by atoms with Crippen LogP contribution in [0.25, 0.3) is 0 Å². The molecule has 17 heavy (non-hydrogen) atoms. The fourth-order valence-electron chi connectivity index (χ4n) is 1.58. The van der Waals surface area contributed by atoms with E-state index in [9.17, 15) is 4.79 Å². The quantitative estimate of drug-likeness (QED) is 0.727. The van der Waals surface area contributed by atoms with Crippen molar-refractivity contribution < 1.29 is 9.53 Å². The average molecular weight is 234 g/mol. The van der Waals surface area contributed by atoms with Gasteiger partial charge in [-0.1, -0.05) is 0 Å². The summed E-state index contributed by atoms with van der Waals surface area (Å²) >= 11 is 0. The Morgan fingerprint density at radius 3 is 2.59 bits per heavy atom. The fourth-order valence-corrected chi connectivity index (χ4v) is 1.58. The fraction of sp³-hybridized carbons (Fsp3) is 0.462. The molecule has 0 spiro atoms. The first-order valence-electron chi connectivity index (χ1n) is 5.95. The summed E-state index contributed by atoms with van der Waals surface area (Å²) in [4.78, 5) is 11.7. The topological polar surface area (TPSA) is 50.4 Å². The second kappa shape index (κ2) is 5.68. The lowest BCUT2D eigenvalue weighted by atomic mass is 10.2. The number of carbonyl (C=O) groups is 1. The van der Waals surface area contributed by atoms with Gasteiger partial charge in [0.1, 0.15) is 5.75 Å². The van der Waals surface area contributed by atoms with Gasteiger partial charge in [-0.25, -0.2) is 0 Å². The molecule has 0 saturated heterocycles. The summed E-state index contributed by atoms with van der Waals surface area (Å²) in [6.07, 6.45) is 2.54. The molecule has 4 nitrogen and oxygen atoms in total. The van der Waals surface area contributed by atoms with E-state index < -0.39 is 0 Å². The lowest BCUT2D eigenvalue weighted by molar-refractivity contribution is 0.0954. The van der Waals surface area contributed by atoms with Crippen molar-refractivity contribution in [3.8, 4) is 5.75 Å². The lowest BCUT2D eigenvalue weighted by Crippen LogP contribution is -2.32. The molecule has 2 N–H and O–H groups in total. The number of ether oxygens (including phenoxy) is 1. The van der Waals surface area contributed by atoms with Crippen LogP contribution in [-0.2, 0) is 0 Å². The minimum absolute atomic E-state index is 0.0368. The van der Waals surface area contributed by atoms with Gasteiger partial charge in [0.15, 0.2) is 0 Å². The number of hydrogen-bond acceptors (Lipinski definition) is 3. The van der Waals surface area contributed by atoms with Crippen LogP contribution in [0.15, 0.2) is 24.3 Å². The minimum Gasteiger partial charge on any atom is -0.497 e. The summed E-state index contributed by atoms with van der Waals surface area (Å²) in [6.45, 7) is 1.51. The second-order valence-electron chi connectivity index (χ2n) is 4.21. The van der Waals surface area contributed by atoms with E-state index in [0.717, 1.165) is 12.3 Å². The molecular weight excluding hydrogens is 216 g/mol. The van der Waals surface area contributed by atoms with Crippen LogP contribution >= 0.6 is 0 Å². The van der Waals surface area contributed by atoms with Crippen LogP contribution in [-0.4, -0.2) is 32.1 Å². The number of hydrogen-bond donors (Lipinski definition) is 2. The van der Waals surface area contributed by atoms with Crippen LogP contribution in [0.3, 0.4) is 0 Å². The van der Waals surface area contributed by atoms with Gasteiger partial charge in [-0.05, 0) is 37.1 Å².